The number of nitrogens with one attached hydrogen (secondary N) is 1. The van der Waals surface area contributed by atoms with E-state index < -0.39 is 0 Å². The van der Waals surface area contributed by atoms with E-state index in [9.17, 15) is 4.79 Å². The van der Waals surface area contributed by atoms with E-state index in [0.717, 1.165) is 24.8 Å². The van der Waals surface area contributed by atoms with Crippen LogP contribution in [0.5, 0.6) is 0 Å². The molecule has 0 bridgehead atoms. The molecule has 0 saturated heterocycles. The van der Waals surface area contributed by atoms with E-state index in [-0.39, 0.29) is 11.4 Å². The van der Waals surface area contributed by atoms with Gasteiger partial charge in [-0.05, 0) is 31.4 Å². The largest absolute Gasteiger partial charge is 0.347 e. The fourth-order valence-corrected chi connectivity index (χ4v) is 1.92. The molecule has 1 rings (SSSR count). The lowest BCUT2D eigenvalue weighted by Crippen LogP contribution is -2.47. The highest BCUT2D eigenvalue weighted by atomic mass is 16.1. The minimum Gasteiger partial charge on any atom is -0.347 e. The molecule has 0 atom stereocenters. The summed E-state index contributed by atoms with van der Waals surface area (Å²) in [6, 6.07) is 9.40. The van der Waals surface area contributed by atoms with E-state index in [0.29, 0.717) is 0 Å². The summed E-state index contributed by atoms with van der Waals surface area (Å²) < 4.78 is 0. The van der Waals surface area contributed by atoms with Gasteiger partial charge < -0.3 is 5.32 Å². The molecule has 0 aliphatic carbocycles. The van der Waals surface area contributed by atoms with Gasteiger partial charge in [0.15, 0.2) is 0 Å². The third-order valence-corrected chi connectivity index (χ3v) is 3.45. The maximum Gasteiger partial charge on any atom is 0.251 e. The Morgan fingerprint density at radius 3 is 2.00 bits per heavy atom. The van der Waals surface area contributed by atoms with Crippen molar-refractivity contribution in [3.05, 3.63) is 35.9 Å². The Bertz CT molecular complexity index is 320. The smallest absolute Gasteiger partial charge is 0.251 e. The summed E-state index contributed by atoms with van der Waals surface area (Å²) in [4.78, 5) is 12.0. The van der Waals surface area contributed by atoms with Crippen molar-refractivity contribution < 1.29 is 4.79 Å². The third kappa shape index (κ3) is 2.84. The Kier molecular flexibility index (Phi) is 4.53. The first-order chi connectivity index (χ1) is 7.67. The van der Waals surface area contributed by atoms with Gasteiger partial charge in [0.25, 0.3) is 5.91 Å². The van der Waals surface area contributed by atoms with E-state index in [4.69, 9.17) is 0 Å². The normalized spacial score (nSPS) is 11.2. The number of amides is 1. The van der Waals surface area contributed by atoms with Crippen LogP contribution in [0.4, 0.5) is 0 Å². The van der Waals surface area contributed by atoms with Crippen LogP contribution < -0.4 is 5.32 Å². The molecule has 1 aromatic carbocycles. The number of hydrogen-bond acceptors (Lipinski definition) is 1. The minimum absolute atomic E-state index is 0.0335. The summed E-state index contributed by atoms with van der Waals surface area (Å²) in [7, 11) is 0. The van der Waals surface area contributed by atoms with Crippen LogP contribution >= 0.6 is 0 Å². The second kappa shape index (κ2) is 5.69. The van der Waals surface area contributed by atoms with E-state index >= 15 is 0 Å². The molecule has 0 fully saturated rings. The first-order valence-electron chi connectivity index (χ1n) is 6.05. The molecule has 0 aliphatic heterocycles. The van der Waals surface area contributed by atoms with Gasteiger partial charge in [-0.1, -0.05) is 39.0 Å². The fourth-order valence-electron chi connectivity index (χ4n) is 1.92. The Hall–Kier alpha value is -1.31. The van der Waals surface area contributed by atoms with Gasteiger partial charge in [-0.15, -0.1) is 0 Å². The quantitative estimate of drug-likeness (QED) is 0.808. The monoisotopic (exact) mass is 219 g/mol. The van der Waals surface area contributed by atoms with Crippen LogP contribution in [0.25, 0.3) is 0 Å². The van der Waals surface area contributed by atoms with Crippen molar-refractivity contribution >= 4 is 5.91 Å². The fraction of sp³-hybridized carbons (Fsp3) is 0.500. The zero-order valence-corrected chi connectivity index (χ0v) is 10.4. The molecular formula is C14H21NO. The second-order valence-electron chi connectivity index (χ2n) is 4.16. The molecule has 2 heteroatoms. The van der Waals surface area contributed by atoms with E-state index in [1.165, 1.54) is 0 Å². The SMILES string of the molecule is CCC(CC)(CC)NC(=O)c1ccccc1. The molecule has 0 aromatic heterocycles. The first-order valence-corrected chi connectivity index (χ1v) is 6.05. The lowest BCUT2D eigenvalue weighted by molar-refractivity contribution is 0.0888. The Balaban J connectivity index is 2.77. The lowest BCUT2D eigenvalue weighted by atomic mass is 9.89. The molecule has 88 valence electrons. The predicted octanol–water partition coefficient (Wildman–Crippen LogP) is 3.39. The number of carbonyl (C=O) groups is 1. The predicted molar refractivity (Wildman–Crippen MR) is 67.5 cm³/mol. The molecule has 1 aromatic rings. The van der Waals surface area contributed by atoms with Gasteiger partial charge in [-0.3, -0.25) is 4.79 Å². The lowest BCUT2D eigenvalue weighted by Gasteiger charge is -2.31. The summed E-state index contributed by atoms with van der Waals surface area (Å²) >= 11 is 0. The molecule has 0 aliphatic rings. The van der Waals surface area contributed by atoms with Crippen molar-refractivity contribution in [2.24, 2.45) is 0 Å². The molecule has 0 heterocycles. The highest BCUT2D eigenvalue weighted by Gasteiger charge is 2.25. The zero-order valence-electron chi connectivity index (χ0n) is 10.4. The number of rotatable bonds is 5. The van der Waals surface area contributed by atoms with E-state index in [1.54, 1.807) is 0 Å². The molecular weight excluding hydrogens is 198 g/mol. The molecule has 16 heavy (non-hydrogen) atoms. The molecule has 0 unspecified atom stereocenters. The van der Waals surface area contributed by atoms with Crippen molar-refractivity contribution in [1.82, 2.24) is 5.32 Å². The maximum absolute atomic E-state index is 12.0. The van der Waals surface area contributed by atoms with Gasteiger partial charge in [0, 0.05) is 11.1 Å². The Labute approximate surface area is 98.1 Å². The standard InChI is InChI=1S/C14H21NO/c1-4-14(5-2,6-3)15-13(16)12-10-8-7-9-11-12/h7-11H,4-6H2,1-3H3,(H,15,16). The van der Waals surface area contributed by atoms with Gasteiger partial charge in [0.1, 0.15) is 0 Å². The van der Waals surface area contributed by atoms with Crippen molar-refractivity contribution in [1.29, 1.82) is 0 Å². The molecule has 0 radical (unpaired) electrons. The Morgan fingerprint density at radius 2 is 1.56 bits per heavy atom. The zero-order chi connectivity index (χ0) is 12.0. The van der Waals surface area contributed by atoms with Crippen molar-refractivity contribution in [3.8, 4) is 0 Å². The van der Waals surface area contributed by atoms with Crippen molar-refractivity contribution in [2.45, 2.75) is 45.6 Å². The topological polar surface area (TPSA) is 29.1 Å². The van der Waals surface area contributed by atoms with Crippen LogP contribution in [0, 0.1) is 0 Å². The highest BCUT2D eigenvalue weighted by molar-refractivity contribution is 5.94. The van der Waals surface area contributed by atoms with Crippen molar-refractivity contribution in [2.75, 3.05) is 0 Å². The van der Waals surface area contributed by atoms with Gasteiger partial charge in [-0.25, -0.2) is 0 Å². The summed E-state index contributed by atoms with van der Waals surface area (Å²) in [6.45, 7) is 6.37. The molecule has 2 nitrogen and oxygen atoms in total. The molecule has 0 spiro atoms. The van der Waals surface area contributed by atoms with E-state index in [1.807, 2.05) is 30.3 Å². The van der Waals surface area contributed by atoms with Crippen LogP contribution in [-0.2, 0) is 0 Å². The summed E-state index contributed by atoms with van der Waals surface area (Å²) in [5, 5.41) is 3.16. The van der Waals surface area contributed by atoms with Crippen LogP contribution in [-0.4, -0.2) is 11.4 Å². The molecule has 1 amide bonds. The summed E-state index contributed by atoms with van der Waals surface area (Å²) in [6.07, 6.45) is 2.91. The van der Waals surface area contributed by atoms with Crippen molar-refractivity contribution in [3.63, 3.8) is 0 Å². The highest BCUT2D eigenvalue weighted by Crippen LogP contribution is 2.19. The number of benzene rings is 1. The first kappa shape index (κ1) is 12.8. The molecule has 0 saturated carbocycles. The third-order valence-electron chi connectivity index (χ3n) is 3.45. The maximum atomic E-state index is 12.0. The number of carbonyl (C=O) groups excluding carboxylic acids is 1. The minimum atomic E-state index is -0.0487. The molecule has 1 N–H and O–H groups in total. The van der Waals surface area contributed by atoms with Gasteiger partial charge in [-0.2, -0.15) is 0 Å². The second-order valence-corrected chi connectivity index (χ2v) is 4.16. The average Bonchev–Trinajstić information content (AvgIpc) is 2.37. The van der Waals surface area contributed by atoms with Crippen LogP contribution in [0.3, 0.4) is 0 Å². The van der Waals surface area contributed by atoms with Crippen LogP contribution in [0.2, 0.25) is 0 Å². The van der Waals surface area contributed by atoms with Gasteiger partial charge in [0.05, 0.1) is 0 Å². The van der Waals surface area contributed by atoms with Crippen LogP contribution in [0.15, 0.2) is 30.3 Å². The summed E-state index contributed by atoms with van der Waals surface area (Å²) in [5.74, 6) is 0.0335. The van der Waals surface area contributed by atoms with Gasteiger partial charge in [0.2, 0.25) is 0 Å². The number of hydrogen-bond donors (Lipinski definition) is 1. The van der Waals surface area contributed by atoms with Crippen LogP contribution in [0.1, 0.15) is 50.4 Å². The Morgan fingerprint density at radius 1 is 1.06 bits per heavy atom. The van der Waals surface area contributed by atoms with E-state index in [2.05, 4.69) is 26.1 Å². The average molecular weight is 219 g/mol. The summed E-state index contributed by atoms with van der Waals surface area (Å²) in [5.41, 5.74) is 0.689. The van der Waals surface area contributed by atoms with Gasteiger partial charge >= 0.3 is 0 Å².